The van der Waals surface area contributed by atoms with Crippen LogP contribution in [-0.4, -0.2) is 34.6 Å². The molecule has 1 aromatic carbocycles. The second kappa shape index (κ2) is 6.95. The van der Waals surface area contributed by atoms with Crippen LogP contribution < -0.4 is 5.43 Å². The molecule has 2 rings (SSSR count). The van der Waals surface area contributed by atoms with Gasteiger partial charge < -0.3 is 0 Å². The number of nitro benzene ring substituents is 1. The molecule has 1 aliphatic heterocycles. The topological polar surface area (TPSA) is 75.5 Å². The Kier molecular flexibility index (Phi) is 5.19. The first-order chi connectivity index (χ1) is 10.8. The second-order valence-corrected chi connectivity index (χ2v) is 5.31. The fourth-order valence-corrected chi connectivity index (χ4v) is 2.61. The highest BCUT2D eigenvalue weighted by atomic mass is 19.4. The first kappa shape index (κ1) is 17.2. The van der Waals surface area contributed by atoms with Crippen LogP contribution in [0.15, 0.2) is 24.3 Å². The van der Waals surface area contributed by atoms with E-state index in [2.05, 4.69) is 5.43 Å². The van der Waals surface area contributed by atoms with E-state index >= 15 is 0 Å². The highest BCUT2D eigenvalue weighted by Crippen LogP contribution is 2.30. The Morgan fingerprint density at radius 1 is 1.35 bits per heavy atom. The van der Waals surface area contributed by atoms with Crippen molar-refractivity contribution in [3.8, 4) is 0 Å². The Hall–Kier alpha value is -2.16. The van der Waals surface area contributed by atoms with Crippen LogP contribution in [0.25, 0.3) is 0 Å². The fourth-order valence-electron chi connectivity index (χ4n) is 2.61. The van der Waals surface area contributed by atoms with Crippen molar-refractivity contribution in [2.75, 3.05) is 6.54 Å². The average molecular weight is 331 g/mol. The number of nitrogens with zero attached hydrogens (tertiary/aromatic N) is 2. The van der Waals surface area contributed by atoms with E-state index in [1.807, 2.05) is 0 Å². The van der Waals surface area contributed by atoms with Crippen molar-refractivity contribution in [3.63, 3.8) is 0 Å². The number of carbonyl (C=O) groups is 1. The Bertz CT molecular complexity index is 592. The number of para-hydroxylation sites is 1. The maximum absolute atomic E-state index is 13.1. The molecule has 0 bridgehead atoms. The predicted molar refractivity (Wildman–Crippen MR) is 75.3 cm³/mol. The molecule has 9 heteroatoms. The first-order valence-electron chi connectivity index (χ1n) is 7.14. The van der Waals surface area contributed by atoms with Gasteiger partial charge in [-0.2, -0.15) is 13.2 Å². The predicted octanol–water partition coefficient (Wildman–Crippen LogP) is 2.59. The molecular formula is C14H16F3N3O3. The normalized spacial score (nSPS) is 17.1. The van der Waals surface area contributed by atoms with Gasteiger partial charge in [0.25, 0.3) is 5.69 Å². The molecule has 126 valence electrons. The number of alkyl halides is 3. The summed E-state index contributed by atoms with van der Waals surface area (Å²) in [7, 11) is 0. The summed E-state index contributed by atoms with van der Waals surface area (Å²) in [5.41, 5.74) is 2.52. The molecule has 1 heterocycles. The lowest BCUT2D eigenvalue weighted by molar-refractivity contribution is -0.385. The minimum Gasteiger partial charge on any atom is -0.288 e. The quantitative estimate of drug-likeness (QED) is 0.642. The lowest BCUT2D eigenvalue weighted by Gasteiger charge is -2.28. The molecule has 1 N–H and O–H groups in total. The molecule has 0 spiro atoms. The summed E-state index contributed by atoms with van der Waals surface area (Å²) < 4.78 is 39.4. The Morgan fingerprint density at radius 3 is 2.61 bits per heavy atom. The third kappa shape index (κ3) is 4.41. The summed E-state index contributed by atoms with van der Waals surface area (Å²) in [6.45, 7) is 0.00843. The van der Waals surface area contributed by atoms with E-state index in [4.69, 9.17) is 0 Å². The van der Waals surface area contributed by atoms with Crippen molar-refractivity contribution >= 4 is 11.6 Å². The summed E-state index contributed by atoms with van der Waals surface area (Å²) in [6.07, 6.45) is -4.38. The van der Waals surface area contributed by atoms with Gasteiger partial charge in [0, 0.05) is 24.6 Å². The number of rotatable bonds is 6. The zero-order valence-electron chi connectivity index (χ0n) is 12.2. The molecule has 23 heavy (non-hydrogen) atoms. The van der Waals surface area contributed by atoms with Gasteiger partial charge in [-0.15, -0.1) is 0 Å². The van der Waals surface area contributed by atoms with Gasteiger partial charge in [0.1, 0.15) is 6.04 Å². The van der Waals surface area contributed by atoms with Crippen molar-refractivity contribution in [2.45, 2.75) is 37.9 Å². The molecule has 1 fully saturated rings. The molecule has 1 atom stereocenters. The average Bonchev–Trinajstić information content (AvgIpc) is 2.88. The van der Waals surface area contributed by atoms with Crippen LogP contribution in [0.5, 0.6) is 0 Å². The summed E-state index contributed by atoms with van der Waals surface area (Å²) in [5, 5.41) is 11.8. The van der Waals surface area contributed by atoms with E-state index in [9.17, 15) is 28.1 Å². The maximum atomic E-state index is 13.1. The van der Waals surface area contributed by atoms with Gasteiger partial charge in [-0.05, 0) is 19.3 Å². The van der Waals surface area contributed by atoms with Crippen LogP contribution in [0.1, 0.15) is 24.8 Å². The Morgan fingerprint density at radius 2 is 2.04 bits per heavy atom. The van der Waals surface area contributed by atoms with Crippen LogP contribution in [0.3, 0.4) is 0 Å². The third-order valence-corrected chi connectivity index (χ3v) is 3.71. The lowest BCUT2D eigenvalue weighted by Crippen LogP contribution is -2.49. The monoisotopic (exact) mass is 331 g/mol. The lowest BCUT2D eigenvalue weighted by atomic mass is 10.0. The highest BCUT2D eigenvalue weighted by molar-refractivity contribution is 5.77. The van der Waals surface area contributed by atoms with E-state index in [0.29, 0.717) is 5.56 Å². The smallest absolute Gasteiger partial charge is 0.288 e. The summed E-state index contributed by atoms with van der Waals surface area (Å²) in [4.78, 5) is 21.5. The first-order valence-corrected chi connectivity index (χ1v) is 7.14. The number of hydrogen-bond acceptors (Lipinski definition) is 4. The molecule has 1 amide bonds. The number of nitro groups is 1. The van der Waals surface area contributed by atoms with Crippen molar-refractivity contribution in [2.24, 2.45) is 0 Å². The number of benzene rings is 1. The Balaban J connectivity index is 2.00. The van der Waals surface area contributed by atoms with E-state index in [-0.39, 0.29) is 37.9 Å². The highest BCUT2D eigenvalue weighted by Gasteiger charge is 2.45. The number of hydrogen-bond donors (Lipinski definition) is 1. The minimum atomic E-state index is -4.47. The van der Waals surface area contributed by atoms with Crippen LogP contribution in [0.2, 0.25) is 0 Å². The van der Waals surface area contributed by atoms with Crippen molar-refractivity contribution in [3.05, 3.63) is 39.9 Å². The molecule has 0 saturated carbocycles. The van der Waals surface area contributed by atoms with Crippen LogP contribution in [0, 0.1) is 10.1 Å². The number of aryl methyl sites for hydroxylation is 1. The van der Waals surface area contributed by atoms with E-state index in [0.717, 1.165) is 5.01 Å². The molecule has 0 radical (unpaired) electrons. The number of carbonyl (C=O) groups excluding carboxylic acids is 1. The molecule has 0 unspecified atom stereocenters. The van der Waals surface area contributed by atoms with Gasteiger partial charge in [0.2, 0.25) is 5.91 Å². The van der Waals surface area contributed by atoms with Crippen molar-refractivity contribution in [1.29, 1.82) is 0 Å². The summed E-state index contributed by atoms with van der Waals surface area (Å²) in [6, 6.07) is 4.22. The fraction of sp³-hybridized carbons (Fsp3) is 0.500. The Labute approximate surface area is 130 Å². The molecule has 1 aliphatic rings. The summed E-state index contributed by atoms with van der Waals surface area (Å²) >= 11 is 0. The SMILES string of the molecule is O=C1CCN([C@@H](CCCc2ccccc2[N+](=O)[O-])C(F)(F)F)N1. The van der Waals surface area contributed by atoms with Gasteiger partial charge in [0.05, 0.1) is 4.92 Å². The molecule has 0 aromatic heterocycles. The van der Waals surface area contributed by atoms with Gasteiger partial charge in [-0.25, -0.2) is 5.01 Å². The molecular weight excluding hydrogens is 315 g/mol. The van der Waals surface area contributed by atoms with Gasteiger partial charge in [-0.3, -0.25) is 20.3 Å². The van der Waals surface area contributed by atoms with E-state index < -0.39 is 23.0 Å². The molecule has 6 nitrogen and oxygen atoms in total. The standard InChI is InChI=1S/C14H16F3N3O3/c15-14(16,17)12(19-9-8-13(21)18-19)7-3-5-10-4-1-2-6-11(10)20(22)23/h1-2,4,6,12H,3,5,7-9H2,(H,18,21)/t12-/m0/s1. The van der Waals surface area contributed by atoms with Gasteiger partial charge in [0.15, 0.2) is 0 Å². The minimum absolute atomic E-state index is 0.00843. The molecule has 0 aliphatic carbocycles. The molecule has 1 saturated heterocycles. The largest absolute Gasteiger partial charge is 0.405 e. The van der Waals surface area contributed by atoms with Gasteiger partial charge in [-0.1, -0.05) is 18.2 Å². The van der Waals surface area contributed by atoms with Crippen LogP contribution in [0.4, 0.5) is 18.9 Å². The second-order valence-electron chi connectivity index (χ2n) is 5.31. The van der Waals surface area contributed by atoms with Crippen LogP contribution >= 0.6 is 0 Å². The number of nitrogens with one attached hydrogen (secondary N) is 1. The van der Waals surface area contributed by atoms with E-state index in [1.54, 1.807) is 12.1 Å². The van der Waals surface area contributed by atoms with Gasteiger partial charge >= 0.3 is 6.18 Å². The van der Waals surface area contributed by atoms with Crippen molar-refractivity contribution < 1.29 is 22.9 Å². The molecule has 1 aromatic rings. The van der Waals surface area contributed by atoms with Crippen LogP contribution in [-0.2, 0) is 11.2 Å². The number of hydrazine groups is 1. The van der Waals surface area contributed by atoms with E-state index in [1.165, 1.54) is 12.1 Å². The summed E-state index contributed by atoms with van der Waals surface area (Å²) in [5.74, 6) is -0.432. The number of halogens is 3. The zero-order valence-corrected chi connectivity index (χ0v) is 12.2. The maximum Gasteiger partial charge on any atom is 0.405 e. The number of amides is 1. The zero-order chi connectivity index (χ0) is 17.0. The van der Waals surface area contributed by atoms with Crippen molar-refractivity contribution in [1.82, 2.24) is 10.4 Å². The third-order valence-electron chi connectivity index (χ3n) is 3.71.